The Hall–Kier alpha value is -1.17. The van der Waals surface area contributed by atoms with E-state index in [1.54, 1.807) is 16.3 Å². The Kier molecular flexibility index (Phi) is 3.62. The Morgan fingerprint density at radius 1 is 1.33 bits per heavy atom. The summed E-state index contributed by atoms with van der Waals surface area (Å²) in [7, 11) is 0. The van der Waals surface area contributed by atoms with Crippen molar-refractivity contribution in [2.45, 2.75) is 38.6 Å². The van der Waals surface area contributed by atoms with E-state index in [2.05, 4.69) is 33.9 Å². The number of aromatic nitrogens is 5. The fourth-order valence-corrected chi connectivity index (χ4v) is 1.92. The van der Waals surface area contributed by atoms with Crippen LogP contribution in [0, 0.1) is 6.92 Å². The summed E-state index contributed by atoms with van der Waals surface area (Å²) in [6.45, 7) is 6.09. The summed E-state index contributed by atoms with van der Waals surface area (Å²) in [5, 5.41) is 5.39. The first-order chi connectivity index (χ1) is 6.66. The molecule has 2 aromatic rings. The van der Waals surface area contributed by atoms with Crippen LogP contribution in [0.5, 0.6) is 0 Å². The first kappa shape index (κ1) is 11.9. The van der Waals surface area contributed by atoms with E-state index in [1.807, 2.05) is 6.92 Å². The molecule has 2 aromatic heterocycles. The number of hydrogen-bond acceptors (Lipinski definition) is 5. The highest BCUT2D eigenvalue weighted by Gasteiger charge is 2.08. The van der Waals surface area contributed by atoms with Crippen molar-refractivity contribution in [1.29, 1.82) is 0 Å². The maximum Gasteiger partial charge on any atom is 0.256 e. The van der Waals surface area contributed by atoms with Crippen molar-refractivity contribution in [3.8, 4) is 0 Å². The lowest BCUT2D eigenvalue weighted by Crippen LogP contribution is -2.03. The molecule has 82 valence electrons. The highest BCUT2D eigenvalue weighted by atomic mass is 32.2. The fourth-order valence-electron chi connectivity index (χ4n) is 1.09. The average molecular weight is 225 g/mol. The Balaban J connectivity index is 0.00000112. The first-order valence-corrected chi connectivity index (χ1v) is 5.26. The molecule has 0 saturated heterocycles. The molecule has 0 unspecified atom stereocenters. The van der Waals surface area contributed by atoms with Crippen LogP contribution >= 0.6 is 11.8 Å². The molecule has 6 heteroatoms. The zero-order valence-corrected chi connectivity index (χ0v) is 9.12. The van der Waals surface area contributed by atoms with E-state index in [4.69, 9.17) is 0 Å². The third kappa shape index (κ3) is 2.44. The standard InChI is InChI=1S/C8H11N5S.CH4/c1-5(2)14-8-12-6(3)11-7-9-4-10-13(7)8;/h4-5H,1-3H3;1H4. The van der Waals surface area contributed by atoms with E-state index in [1.165, 1.54) is 6.33 Å². The molecular formula is C9H15N5S. The largest absolute Gasteiger partial charge is 0.256 e. The molecule has 0 radical (unpaired) electrons. The molecule has 0 aliphatic heterocycles. The molecule has 0 aliphatic carbocycles. The van der Waals surface area contributed by atoms with Crippen molar-refractivity contribution in [2.75, 3.05) is 0 Å². The predicted molar refractivity (Wildman–Crippen MR) is 61.0 cm³/mol. The van der Waals surface area contributed by atoms with E-state index >= 15 is 0 Å². The van der Waals surface area contributed by atoms with Gasteiger partial charge in [0.15, 0.2) is 5.16 Å². The van der Waals surface area contributed by atoms with Gasteiger partial charge in [-0.15, -0.1) is 0 Å². The van der Waals surface area contributed by atoms with Gasteiger partial charge in [0.05, 0.1) is 0 Å². The van der Waals surface area contributed by atoms with Gasteiger partial charge in [-0.1, -0.05) is 33.0 Å². The molecule has 0 spiro atoms. The van der Waals surface area contributed by atoms with Crippen LogP contribution in [0.3, 0.4) is 0 Å². The molecule has 0 atom stereocenters. The number of nitrogens with zero attached hydrogens (tertiary/aromatic N) is 5. The number of aryl methyl sites for hydroxylation is 1. The predicted octanol–water partition coefficient (Wildman–Crippen LogP) is 1.96. The topological polar surface area (TPSA) is 56.0 Å². The zero-order chi connectivity index (χ0) is 10.1. The minimum atomic E-state index is 0. The molecule has 0 aromatic carbocycles. The molecule has 2 rings (SSSR count). The second kappa shape index (κ2) is 4.57. The monoisotopic (exact) mass is 225 g/mol. The smallest absolute Gasteiger partial charge is 0.207 e. The number of hydrogen-bond donors (Lipinski definition) is 0. The third-order valence-electron chi connectivity index (χ3n) is 1.57. The van der Waals surface area contributed by atoms with E-state index in [0.29, 0.717) is 11.0 Å². The van der Waals surface area contributed by atoms with Crippen molar-refractivity contribution in [2.24, 2.45) is 0 Å². The van der Waals surface area contributed by atoms with Gasteiger partial charge in [0, 0.05) is 5.25 Å². The number of rotatable bonds is 2. The van der Waals surface area contributed by atoms with Gasteiger partial charge >= 0.3 is 0 Å². The molecule has 5 nitrogen and oxygen atoms in total. The second-order valence-corrected chi connectivity index (χ2v) is 4.74. The van der Waals surface area contributed by atoms with Crippen LogP contribution in [0.2, 0.25) is 0 Å². The van der Waals surface area contributed by atoms with Crippen molar-refractivity contribution in [1.82, 2.24) is 24.6 Å². The van der Waals surface area contributed by atoms with Crippen LogP contribution in [0.15, 0.2) is 11.5 Å². The van der Waals surface area contributed by atoms with Gasteiger partial charge in [0.1, 0.15) is 12.2 Å². The van der Waals surface area contributed by atoms with Gasteiger partial charge in [-0.3, -0.25) is 0 Å². The van der Waals surface area contributed by atoms with Crippen molar-refractivity contribution >= 4 is 17.5 Å². The zero-order valence-electron chi connectivity index (χ0n) is 8.30. The van der Waals surface area contributed by atoms with Gasteiger partial charge in [-0.2, -0.15) is 19.6 Å². The van der Waals surface area contributed by atoms with E-state index in [0.717, 1.165) is 11.0 Å². The van der Waals surface area contributed by atoms with Gasteiger partial charge in [0.2, 0.25) is 0 Å². The Labute approximate surface area is 93.4 Å². The van der Waals surface area contributed by atoms with Crippen molar-refractivity contribution in [3.05, 3.63) is 12.2 Å². The van der Waals surface area contributed by atoms with Crippen LogP contribution in [-0.4, -0.2) is 29.8 Å². The van der Waals surface area contributed by atoms with Gasteiger partial charge in [-0.05, 0) is 6.92 Å². The molecular weight excluding hydrogens is 210 g/mol. The summed E-state index contributed by atoms with van der Waals surface area (Å²) >= 11 is 1.66. The quantitative estimate of drug-likeness (QED) is 0.731. The summed E-state index contributed by atoms with van der Waals surface area (Å²) in [4.78, 5) is 12.5. The Bertz CT molecular complexity index is 451. The van der Waals surface area contributed by atoms with Crippen molar-refractivity contribution < 1.29 is 0 Å². The maximum atomic E-state index is 4.33. The molecule has 0 fully saturated rings. The highest BCUT2D eigenvalue weighted by Crippen LogP contribution is 2.20. The van der Waals surface area contributed by atoms with Crippen LogP contribution in [0.1, 0.15) is 27.1 Å². The van der Waals surface area contributed by atoms with E-state index in [9.17, 15) is 0 Å². The molecule has 0 bridgehead atoms. The molecule has 0 aliphatic rings. The summed E-state index contributed by atoms with van der Waals surface area (Å²) in [6, 6.07) is 0. The van der Waals surface area contributed by atoms with Gasteiger partial charge in [0.25, 0.3) is 5.78 Å². The molecule has 15 heavy (non-hydrogen) atoms. The summed E-state index contributed by atoms with van der Waals surface area (Å²) < 4.78 is 1.66. The highest BCUT2D eigenvalue weighted by molar-refractivity contribution is 7.99. The normalized spacial score (nSPS) is 10.7. The van der Waals surface area contributed by atoms with Crippen LogP contribution < -0.4 is 0 Å². The maximum absolute atomic E-state index is 4.33. The lowest BCUT2D eigenvalue weighted by atomic mass is 10.6. The average Bonchev–Trinajstić information content (AvgIpc) is 2.50. The van der Waals surface area contributed by atoms with Gasteiger partial charge < -0.3 is 0 Å². The first-order valence-electron chi connectivity index (χ1n) is 4.38. The van der Waals surface area contributed by atoms with Crippen LogP contribution in [0.4, 0.5) is 0 Å². The summed E-state index contributed by atoms with van der Waals surface area (Å²) in [6.07, 6.45) is 1.49. The minimum Gasteiger partial charge on any atom is -0.207 e. The Morgan fingerprint density at radius 3 is 2.73 bits per heavy atom. The SMILES string of the molecule is C.Cc1nc(SC(C)C)n2ncnc2n1. The van der Waals surface area contributed by atoms with E-state index in [-0.39, 0.29) is 7.43 Å². The Morgan fingerprint density at radius 2 is 2.07 bits per heavy atom. The number of fused-ring (bicyclic) bond motifs is 1. The summed E-state index contributed by atoms with van der Waals surface area (Å²) in [5.74, 6) is 1.34. The second-order valence-electron chi connectivity index (χ2n) is 3.19. The van der Waals surface area contributed by atoms with Crippen LogP contribution in [0.25, 0.3) is 5.78 Å². The van der Waals surface area contributed by atoms with Gasteiger partial charge in [-0.25, -0.2) is 4.98 Å². The number of thioether (sulfide) groups is 1. The molecule has 0 amide bonds. The van der Waals surface area contributed by atoms with Crippen molar-refractivity contribution in [3.63, 3.8) is 0 Å². The van der Waals surface area contributed by atoms with Crippen LogP contribution in [-0.2, 0) is 0 Å². The summed E-state index contributed by atoms with van der Waals surface area (Å²) in [5.41, 5.74) is 0. The molecule has 0 saturated carbocycles. The lowest BCUT2D eigenvalue weighted by Gasteiger charge is -2.05. The minimum absolute atomic E-state index is 0. The lowest BCUT2D eigenvalue weighted by molar-refractivity contribution is 0.748. The fraction of sp³-hybridized carbons (Fsp3) is 0.556. The van der Waals surface area contributed by atoms with E-state index < -0.39 is 0 Å². The molecule has 0 N–H and O–H groups in total. The molecule has 2 heterocycles. The third-order valence-corrected chi connectivity index (χ3v) is 2.52.